The normalized spacial score (nSPS) is 17.0. The molecule has 10 heteroatoms. The van der Waals surface area contributed by atoms with Crippen LogP contribution >= 0.6 is 22.9 Å². The van der Waals surface area contributed by atoms with Crippen molar-refractivity contribution >= 4 is 54.2 Å². The first-order chi connectivity index (χ1) is 16.8. The summed E-state index contributed by atoms with van der Waals surface area (Å²) in [6.07, 6.45) is 3.43. The van der Waals surface area contributed by atoms with Crippen molar-refractivity contribution < 1.29 is 17.6 Å². The lowest BCUT2D eigenvalue weighted by molar-refractivity contribution is 0.0983. The smallest absolute Gasteiger partial charge is 0.260 e. The van der Waals surface area contributed by atoms with E-state index in [1.54, 1.807) is 36.6 Å². The highest BCUT2D eigenvalue weighted by Crippen LogP contribution is 2.34. The standard InChI is InChI=1S/C25H24ClN3O4S2/c1-17-5-3-13-28(15-17)35(31,32)20-11-9-18(10-12-20)24(30)29(16-19-6-4-14-33-19)25-27-23-21(26)7-2-8-22(23)34-25/h2,4,6-12,14,17H,3,5,13,15-16H2,1H3. The number of halogens is 1. The zero-order valence-corrected chi connectivity index (χ0v) is 21.4. The maximum atomic E-state index is 13.6. The Morgan fingerprint density at radius 3 is 2.69 bits per heavy atom. The van der Waals surface area contributed by atoms with Crippen molar-refractivity contribution in [3.8, 4) is 0 Å². The van der Waals surface area contributed by atoms with Crippen LogP contribution in [0.4, 0.5) is 5.13 Å². The zero-order chi connectivity index (χ0) is 24.6. The van der Waals surface area contributed by atoms with Crippen molar-refractivity contribution in [2.75, 3.05) is 18.0 Å². The number of hydrogen-bond donors (Lipinski definition) is 0. The summed E-state index contributed by atoms with van der Waals surface area (Å²) in [6, 6.07) is 15.2. The first kappa shape index (κ1) is 24.0. The Morgan fingerprint density at radius 1 is 1.20 bits per heavy atom. The lowest BCUT2D eigenvalue weighted by Gasteiger charge is -2.30. The van der Waals surface area contributed by atoms with Gasteiger partial charge in [-0.2, -0.15) is 4.31 Å². The molecule has 1 aliphatic heterocycles. The predicted molar refractivity (Wildman–Crippen MR) is 137 cm³/mol. The molecule has 1 saturated heterocycles. The molecule has 1 amide bonds. The van der Waals surface area contributed by atoms with Crippen molar-refractivity contribution in [2.24, 2.45) is 5.92 Å². The minimum Gasteiger partial charge on any atom is -0.467 e. The molecule has 0 saturated carbocycles. The topological polar surface area (TPSA) is 83.7 Å². The number of piperidine rings is 1. The van der Waals surface area contributed by atoms with Gasteiger partial charge in [0.1, 0.15) is 11.3 Å². The summed E-state index contributed by atoms with van der Waals surface area (Å²) in [7, 11) is -3.60. The van der Waals surface area contributed by atoms with Crippen LogP contribution in [0.2, 0.25) is 5.02 Å². The van der Waals surface area contributed by atoms with E-state index in [0.717, 1.165) is 17.5 Å². The fourth-order valence-corrected chi connectivity index (χ4v) is 7.10. The van der Waals surface area contributed by atoms with Crippen LogP contribution in [0.1, 0.15) is 35.9 Å². The van der Waals surface area contributed by atoms with Crippen molar-refractivity contribution in [1.82, 2.24) is 9.29 Å². The molecule has 2 aromatic heterocycles. The molecule has 0 radical (unpaired) electrons. The number of thiazole rings is 1. The second-order valence-corrected chi connectivity index (χ2v) is 12.0. The van der Waals surface area contributed by atoms with Gasteiger partial charge in [-0.1, -0.05) is 35.9 Å². The molecule has 0 aliphatic carbocycles. The fraction of sp³-hybridized carbons (Fsp3) is 0.280. The third-order valence-corrected chi connectivity index (χ3v) is 9.32. The highest BCUT2D eigenvalue weighted by molar-refractivity contribution is 7.89. The second-order valence-electron chi connectivity index (χ2n) is 8.69. The summed E-state index contributed by atoms with van der Waals surface area (Å²) in [5, 5.41) is 0.991. The van der Waals surface area contributed by atoms with Gasteiger partial charge in [0.15, 0.2) is 5.13 Å². The van der Waals surface area contributed by atoms with E-state index in [0.29, 0.717) is 46.0 Å². The number of amides is 1. The van der Waals surface area contributed by atoms with Gasteiger partial charge in [0.05, 0.1) is 27.4 Å². The van der Waals surface area contributed by atoms with E-state index in [-0.39, 0.29) is 17.3 Å². The lowest BCUT2D eigenvalue weighted by Crippen LogP contribution is -2.39. The molecule has 35 heavy (non-hydrogen) atoms. The number of carbonyl (C=O) groups excluding carboxylic acids is 1. The highest BCUT2D eigenvalue weighted by atomic mass is 35.5. The van der Waals surface area contributed by atoms with Crippen LogP contribution in [-0.2, 0) is 16.6 Å². The van der Waals surface area contributed by atoms with E-state index in [9.17, 15) is 13.2 Å². The number of rotatable bonds is 6. The molecule has 1 unspecified atom stereocenters. The summed E-state index contributed by atoms with van der Waals surface area (Å²) in [6.45, 7) is 3.27. The number of aromatic nitrogens is 1. The SMILES string of the molecule is CC1CCCN(S(=O)(=O)c2ccc(C(=O)N(Cc3ccco3)c3nc4c(Cl)cccc4s3)cc2)C1. The van der Waals surface area contributed by atoms with E-state index in [4.69, 9.17) is 16.0 Å². The van der Waals surface area contributed by atoms with Gasteiger partial charge in [0, 0.05) is 18.7 Å². The van der Waals surface area contributed by atoms with Crippen LogP contribution in [0.15, 0.2) is 70.2 Å². The number of hydrogen-bond acceptors (Lipinski definition) is 6. The first-order valence-electron chi connectivity index (χ1n) is 11.3. The van der Waals surface area contributed by atoms with Crippen LogP contribution in [0.25, 0.3) is 10.2 Å². The number of fused-ring (bicyclic) bond motifs is 1. The number of anilines is 1. The van der Waals surface area contributed by atoms with Crippen LogP contribution < -0.4 is 4.90 Å². The fourth-order valence-electron chi connectivity index (χ4n) is 4.24. The predicted octanol–water partition coefficient (Wildman–Crippen LogP) is 5.81. The maximum absolute atomic E-state index is 13.6. The average Bonchev–Trinajstić information content (AvgIpc) is 3.53. The van der Waals surface area contributed by atoms with Crippen molar-refractivity contribution in [2.45, 2.75) is 31.2 Å². The van der Waals surface area contributed by atoms with Crippen LogP contribution in [0.5, 0.6) is 0 Å². The Bertz CT molecular complexity index is 1450. The zero-order valence-electron chi connectivity index (χ0n) is 19.1. The van der Waals surface area contributed by atoms with Gasteiger partial charge in [-0.15, -0.1) is 0 Å². The molecule has 1 aliphatic rings. The van der Waals surface area contributed by atoms with Crippen LogP contribution in [0.3, 0.4) is 0 Å². The van der Waals surface area contributed by atoms with E-state index in [1.807, 2.05) is 12.1 Å². The van der Waals surface area contributed by atoms with Gasteiger partial charge in [0.2, 0.25) is 10.0 Å². The Balaban J connectivity index is 1.45. The van der Waals surface area contributed by atoms with Crippen molar-refractivity contribution in [1.29, 1.82) is 0 Å². The molecule has 0 spiro atoms. The Kier molecular flexibility index (Phi) is 6.67. The summed E-state index contributed by atoms with van der Waals surface area (Å²) < 4.78 is 34.1. The third-order valence-electron chi connectivity index (χ3n) is 6.09. The van der Waals surface area contributed by atoms with Crippen LogP contribution in [0, 0.1) is 5.92 Å². The molecule has 0 bridgehead atoms. The number of para-hydroxylation sites is 1. The molecule has 182 valence electrons. The number of nitrogens with zero attached hydrogens (tertiary/aromatic N) is 3. The summed E-state index contributed by atoms with van der Waals surface area (Å²) in [5.41, 5.74) is 0.983. The van der Waals surface area contributed by atoms with E-state index < -0.39 is 10.0 Å². The number of benzene rings is 2. The van der Waals surface area contributed by atoms with Crippen LogP contribution in [-0.4, -0.2) is 36.7 Å². The minimum atomic E-state index is -3.60. The molecule has 0 N–H and O–H groups in total. The van der Waals surface area contributed by atoms with Gasteiger partial charge in [0.25, 0.3) is 5.91 Å². The number of sulfonamides is 1. The summed E-state index contributed by atoms with van der Waals surface area (Å²) in [4.78, 5) is 19.9. The molecule has 3 heterocycles. The largest absolute Gasteiger partial charge is 0.467 e. The quantitative estimate of drug-likeness (QED) is 0.314. The van der Waals surface area contributed by atoms with E-state index in [2.05, 4.69) is 11.9 Å². The molecule has 4 aromatic rings. The summed E-state index contributed by atoms with van der Waals surface area (Å²) >= 11 is 7.66. The van der Waals surface area contributed by atoms with Gasteiger partial charge in [-0.25, -0.2) is 13.4 Å². The number of carbonyl (C=O) groups is 1. The first-order valence-corrected chi connectivity index (χ1v) is 14.0. The maximum Gasteiger partial charge on any atom is 0.260 e. The Hall–Kier alpha value is -2.72. The lowest BCUT2D eigenvalue weighted by atomic mass is 10.0. The van der Waals surface area contributed by atoms with E-state index in [1.165, 1.54) is 32.7 Å². The number of furan rings is 1. The second kappa shape index (κ2) is 9.73. The van der Waals surface area contributed by atoms with Gasteiger partial charge >= 0.3 is 0 Å². The molecule has 2 aromatic carbocycles. The van der Waals surface area contributed by atoms with Crippen molar-refractivity contribution in [3.05, 3.63) is 77.2 Å². The molecule has 1 atom stereocenters. The molecule has 7 nitrogen and oxygen atoms in total. The molecule has 5 rings (SSSR count). The average molecular weight is 530 g/mol. The molecular weight excluding hydrogens is 506 g/mol. The minimum absolute atomic E-state index is 0.176. The van der Waals surface area contributed by atoms with Crippen molar-refractivity contribution in [3.63, 3.8) is 0 Å². The summed E-state index contributed by atoms with van der Waals surface area (Å²) in [5.74, 6) is 0.617. The Morgan fingerprint density at radius 2 is 2.00 bits per heavy atom. The van der Waals surface area contributed by atoms with E-state index >= 15 is 0 Å². The van der Waals surface area contributed by atoms with Gasteiger partial charge < -0.3 is 4.42 Å². The Labute approximate surface area is 213 Å². The van der Waals surface area contributed by atoms with Gasteiger partial charge in [-0.3, -0.25) is 9.69 Å². The molecule has 1 fully saturated rings. The highest BCUT2D eigenvalue weighted by Gasteiger charge is 2.29. The monoisotopic (exact) mass is 529 g/mol. The third kappa shape index (κ3) is 4.86. The molecular formula is C25H24ClN3O4S2. The van der Waals surface area contributed by atoms with Gasteiger partial charge in [-0.05, 0) is 67.3 Å².